The topological polar surface area (TPSA) is 95.9 Å². The van der Waals surface area contributed by atoms with Crippen LogP contribution < -0.4 is 5.32 Å². The fraction of sp³-hybridized carbons (Fsp3) is 0.323. The molecule has 1 aliphatic heterocycles. The van der Waals surface area contributed by atoms with Crippen molar-refractivity contribution in [3.63, 3.8) is 0 Å². The van der Waals surface area contributed by atoms with Crippen LogP contribution in [0, 0.1) is 0 Å². The molecule has 218 valence electrons. The van der Waals surface area contributed by atoms with E-state index in [9.17, 15) is 27.6 Å². The first-order valence-electron chi connectivity index (χ1n) is 13.1. The van der Waals surface area contributed by atoms with Crippen LogP contribution in [-0.2, 0) is 22.3 Å². The minimum Gasteiger partial charge on any atom is -0.481 e. The molecule has 0 aromatic heterocycles. The Labute approximate surface area is 236 Å². The molecule has 2 atom stereocenters. The molecular weight excluding hydrogens is 537 g/mol. The number of carboxylic acid groups (broad SMARTS) is 1. The number of fused-ring (bicyclic) bond motifs is 1. The highest BCUT2D eigenvalue weighted by Gasteiger charge is 2.40. The van der Waals surface area contributed by atoms with Crippen molar-refractivity contribution < 1.29 is 37.4 Å². The van der Waals surface area contributed by atoms with Crippen molar-refractivity contribution in [2.45, 2.75) is 44.9 Å². The normalized spacial score (nSPS) is 16.2. The molecule has 3 aromatic rings. The largest absolute Gasteiger partial charge is 0.481 e. The molecule has 2 N–H and O–H groups in total. The highest BCUT2D eigenvalue weighted by molar-refractivity contribution is 6.14. The van der Waals surface area contributed by atoms with Gasteiger partial charge in [0, 0.05) is 18.7 Å². The van der Waals surface area contributed by atoms with Crippen molar-refractivity contribution in [1.29, 1.82) is 0 Å². The summed E-state index contributed by atoms with van der Waals surface area (Å²) >= 11 is 0. The monoisotopic (exact) mass is 570 g/mol. The number of carbonyl (C=O) groups is 3. The van der Waals surface area contributed by atoms with Gasteiger partial charge in [0.1, 0.15) is 0 Å². The van der Waals surface area contributed by atoms with Crippen LogP contribution in [0.4, 0.5) is 18.9 Å². The Morgan fingerprint density at radius 3 is 2.05 bits per heavy atom. The third kappa shape index (κ3) is 7.73. The van der Waals surface area contributed by atoms with E-state index in [1.165, 1.54) is 18.2 Å². The number of Topliss-reactive ketones (excluding diaryl/α,β-unsaturated/α-hetero) is 1. The van der Waals surface area contributed by atoms with Gasteiger partial charge in [-0.1, -0.05) is 49.4 Å². The van der Waals surface area contributed by atoms with E-state index in [0.717, 1.165) is 29.8 Å². The Kier molecular flexibility index (Phi) is 10.3. The lowest BCUT2D eigenvalue weighted by Gasteiger charge is -2.35. The number of anilines is 1. The average molecular weight is 571 g/mol. The Morgan fingerprint density at radius 1 is 0.951 bits per heavy atom. The van der Waals surface area contributed by atoms with E-state index >= 15 is 0 Å². The van der Waals surface area contributed by atoms with Gasteiger partial charge in [0.05, 0.1) is 35.3 Å². The molecule has 0 radical (unpaired) electrons. The van der Waals surface area contributed by atoms with E-state index in [0.29, 0.717) is 11.3 Å². The van der Waals surface area contributed by atoms with E-state index in [1.54, 1.807) is 26.0 Å². The molecule has 0 aliphatic carbocycles. The molecule has 0 saturated carbocycles. The van der Waals surface area contributed by atoms with Crippen molar-refractivity contribution in [2.24, 2.45) is 0 Å². The van der Waals surface area contributed by atoms with Crippen LogP contribution in [0.1, 0.15) is 75.2 Å². The molecule has 1 heterocycles. The molecular formula is C31H33F3N2O5. The van der Waals surface area contributed by atoms with Crippen molar-refractivity contribution in [1.82, 2.24) is 4.90 Å². The molecule has 0 spiro atoms. The lowest BCUT2D eigenvalue weighted by atomic mass is 9.77. The number of nitrogens with zero attached hydrogens (tertiary/aromatic N) is 1. The first-order chi connectivity index (χ1) is 19.4. The van der Waals surface area contributed by atoms with Crippen LogP contribution in [0.5, 0.6) is 0 Å². The Hall–Kier alpha value is -4.18. The summed E-state index contributed by atoms with van der Waals surface area (Å²) < 4.78 is 44.7. The number of rotatable bonds is 7. The molecule has 41 heavy (non-hydrogen) atoms. The number of carbonyl (C=O) groups excluding carboxylic acids is 2. The second kappa shape index (κ2) is 13.5. The average Bonchev–Trinajstić information content (AvgIpc) is 2.93. The second-order valence-corrected chi connectivity index (χ2v) is 9.76. The number of esters is 1. The second-order valence-electron chi connectivity index (χ2n) is 9.76. The maximum atomic E-state index is 13.9. The maximum Gasteiger partial charge on any atom is 0.416 e. The number of aliphatic carboxylic acids is 1. The number of alkyl halides is 3. The molecule has 0 saturated heterocycles. The molecule has 0 bridgehead atoms. The van der Waals surface area contributed by atoms with Gasteiger partial charge >= 0.3 is 18.1 Å². The van der Waals surface area contributed by atoms with Gasteiger partial charge in [-0.3, -0.25) is 9.59 Å². The number of benzene rings is 3. The molecule has 0 amide bonds. The summed E-state index contributed by atoms with van der Waals surface area (Å²) in [5.41, 5.74) is 2.32. The molecule has 1 aliphatic rings. The molecule has 4 rings (SSSR count). The van der Waals surface area contributed by atoms with E-state index in [1.807, 2.05) is 43.3 Å². The first-order valence-corrected chi connectivity index (χ1v) is 13.1. The highest BCUT2D eigenvalue weighted by Crippen LogP contribution is 2.44. The van der Waals surface area contributed by atoms with Crippen molar-refractivity contribution in [3.8, 4) is 0 Å². The summed E-state index contributed by atoms with van der Waals surface area (Å²) in [7, 11) is 3.93. The van der Waals surface area contributed by atoms with E-state index in [4.69, 9.17) is 9.84 Å². The summed E-state index contributed by atoms with van der Waals surface area (Å²) in [6, 6.07) is 16.8. The number of halogens is 3. The van der Waals surface area contributed by atoms with Crippen molar-refractivity contribution in [3.05, 3.63) is 100 Å². The van der Waals surface area contributed by atoms with Gasteiger partial charge in [0.2, 0.25) is 0 Å². The number of carboxylic acids is 1. The molecule has 7 nitrogen and oxygen atoms in total. The van der Waals surface area contributed by atoms with Gasteiger partial charge in [0.25, 0.3) is 0 Å². The van der Waals surface area contributed by atoms with Gasteiger partial charge in [-0.2, -0.15) is 13.2 Å². The number of hydrogen-bond donors (Lipinski definition) is 2. The molecule has 3 aromatic carbocycles. The van der Waals surface area contributed by atoms with Gasteiger partial charge in [0.15, 0.2) is 5.78 Å². The third-order valence-corrected chi connectivity index (χ3v) is 6.47. The summed E-state index contributed by atoms with van der Waals surface area (Å²) in [5.74, 6) is -2.57. The van der Waals surface area contributed by atoms with Crippen LogP contribution >= 0.6 is 0 Å². The zero-order valence-electron chi connectivity index (χ0n) is 23.3. The van der Waals surface area contributed by atoms with Gasteiger partial charge in [-0.15, -0.1) is 0 Å². The van der Waals surface area contributed by atoms with Crippen LogP contribution in [0.25, 0.3) is 0 Å². The minimum atomic E-state index is -4.49. The van der Waals surface area contributed by atoms with E-state index in [2.05, 4.69) is 5.32 Å². The Balaban J connectivity index is 0.000000850. The van der Waals surface area contributed by atoms with E-state index < -0.39 is 35.6 Å². The fourth-order valence-electron chi connectivity index (χ4n) is 4.57. The first kappa shape index (κ1) is 31.3. The van der Waals surface area contributed by atoms with Crippen molar-refractivity contribution in [2.75, 3.05) is 26.0 Å². The van der Waals surface area contributed by atoms with Gasteiger partial charge in [-0.25, -0.2) is 4.79 Å². The predicted molar refractivity (Wildman–Crippen MR) is 149 cm³/mol. The third-order valence-electron chi connectivity index (χ3n) is 6.47. The van der Waals surface area contributed by atoms with Crippen LogP contribution in [0.15, 0.2) is 66.7 Å². The van der Waals surface area contributed by atoms with Gasteiger partial charge < -0.3 is 20.1 Å². The zero-order chi connectivity index (χ0) is 30.3. The van der Waals surface area contributed by atoms with Crippen LogP contribution in [-0.4, -0.2) is 48.4 Å². The Bertz CT molecular complexity index is 1370. The van der Waals surface area contributed by atoms with Crippen LogP contribution in [0.3, 0.4) is 0 Å². The highest BCUT2D eigenvalue weighted by atomic mass is 19.4. The summed E-state index contributed by atoms with van der Waals surface area (Å²) in [4.78, 5) is 38.0. The quantitative estimate of drug-likeness (QED) is 0.311. The minimum absolute atomic E-state index is 0.128. The molecule has 10 heteroatoms. The van der Waals surface area contributed by atoms with Gasteiger partial charge in [-0.05, 0) is 62.0 Å². The summed E-state index contributed by atoms with van der Waals surface area (Å²) in [6.07, 6.45) is -4.27. The summed E-state index contributed by atoms with van der Waals surface area (Å²) in [5, 5.41) is 11.1. The standard InChI is InChI=1S/C28H27F3N2O3.C3H6O2/c1-4-36-27(35)21-6-5-7-22-24(21)26(34)23(18-12-14-20(15-13-18)28(29,30)31)25(32-22)19-10-8-17(9-11-19)16-33(2)3;1-2-3(4)5/h5-15,23,25,32H,4,16H2,1-3H3;2H2,1H3,(H,4,5). The lowest BCUT2D eigenvalue weighted by molar-refractivity contribution is -0.138. The zero-order valence-corrected chi connectivity index (χ0v) is 23.3. The number of nitrogens with one attached hydrogen (secondary N) is 1. The predicted octanol–water partition coefficient (Wildman–Crippen LogP) is 6.56. The number of ketones is 1. The molecule has 0 fully saturated rings. The number of hydrogen-bond acceptors (Lipinski definition) is 6. The smallest absolute Gasteiger partial charge is 0.416 e. The molecule has 2 unspecified atom stereocenters. The van der Waals surface area contributed by atoms with Crippen molar-refractivity contribution >= 4 is 23.4 Å². The van der Waals surface area contributed by atoms with E-state index in [-0.39, 0.29) is 29.9 Å². The maximum absolute atomic E-state index is 13.9. The SMILES string of the molecule is CCC(=O)O.CCOC(=O)c1cccc2c1C(=O)C(c1ccc(C(F)(F)F)cc1)C(c1ccc(CN(C)C)cc1)N2. The summed E-state index contributed by atoms with van der Waals surface area (Å²) in [6.45, 7) is 4.16. The number of ether oxygens (including phenoxy) is 1. The lowest BCUT2D eigenvalue weighted by Crippen LogP contribution is -2.33. The van der Waals surface area contributed by atoms with Crippen LogP contribution in [0.2, 0.25) is 0 Å². The fourth-order valence-corrected chi connectivity index (χ4v) is 4.57. The Morgan fingerprint density at radius 2 is 1.54 bits per heavy atom.